The van der Waals surface area contributed by atoms with Gasteiger partial charge in [0.15, 0.2) is 0 Å². The first-order valence-corrected chi connectivity index (χ1v) is 11.1. The summed E-state index contributed by atoms with van der Waals surface area (Å²) in [6.07, 6.45) is 1.10. The molecule has 1 aromatic heterocycles. The second-order valence-corrected chi connectivity index (χ2v) is 8.31. The Bertz CT molecular complexity index is 875. The summed E-state index contributed by atoms with van der Waals surface area (Å²) >= 11 is 0. The zero-order valence-corrected chi connectivity index (χ0v) is 19.9. The summed E-state index contributed by atoms with van der Waals surface area (Å²) in [5.41, 5.74) is 6.08. The average Bonchev–Trinajstić information content (AvgIpc) is 3.31. The molecule has 14 nitrogen and oxygen atoms in total. The van der Waals surface area contributed by atoms with E-state index in [2.05, 4.69) is 25.9 Å². The number of nitrogens with zero attached hydrogens (tertiary/aromatic N) is 1. The van der Waals surface area contributed by atoms with Gasteiger partial charge in [-0.15, -0.1) is 0 Å². The molecular formula is C21H34N6O8. The second kappa shape index (κ2) is 14.0. The van der Waals surface area contributed by atoms with E-state index >= 15 is 0 Å². The van der Waals surface area contributed by atoms with Crippen LogP contribution in [0.15, 0.2) is 12.5 Å². The fourth-order valence-corrected chi connectivity index (χ4v) is 3.06. The molecular weight excluding hydrogens is 464 g/mol. The Morgan fingerprint density at radius 3 is 2.14 bits per heavy atom. The van der Waals surface area contributed by atoms with E-state index in [0.717, 1.165) is 0 Å². The topological polar surface area (TPSA) is 237 Å². The highest BCUT2D eigenvalue weighted by Gasteiger charge is 2.33. The van der Waals surface area contributed by atoms with Crippen LogP contribution in [0.2, 0.25) is 0 Å². The molecule has 6 atom stereocenters. The van der Waals surface area contributed by atoms with Gasteiger partial charge in [0.25, 0.3) is 0 Å². The van der Waals surface area contributed by atoms with Crippen molar-refractivity contribution in [2.45, 2.75) is 76.7 Å². The third kappa shape index (κ3) is 9.70. The Morgan fingerprint density at radius 2 is 1.66 bits per heavy atom. The van der Waals surface area contributed by atoms with Gasteiger partial charge in [0.2, 0.25) is 17.7 Å². The molecule has 35 heavy (non-hydrogen) atoms. The van der Waals surface area contributed by atoms with Crippen molar-refractivity contribution in [3.63, 3.8) is 0 Å². The number of rotatable bonds is 15. The monoisotopic (exact) mass is 498 g/mol. The van der Waals surface area contributed by atoms with Crippen molar-refractivity contribution in [1.82, 2.24) is 25.9 Å². The van der Waals surface area contributed by atoms with Crippen LogP contribution < -0.4 is 21.7 Å². The van der Waals surface area contributed by atoms with E-state index in [4.69, 9.17) is 10.8 Å². The van der Waals surface area contributed by atoms with Crippen molar-refractivity contribution < 1.29 is 39.3 Å². The highest BCUT2D eigenvalue weighted by Crippen LogP contribution is 2.10. The first kappa shape index (κ1) is 29.5. The zero-order valence-electron chi connectivity index (χ0n) is 19.9. The molecule has 0 spiro atoms. The van der Waals surface area contributed by atoms with Crippen LogP contribution in [0, 0.1) is 5.92 Å². The molecule has 0 aromatic carbocycles. The summed E-state index contributed by atoms with van der Waals surface area (Å²) in [5, 5.41) is 35.3. The maximum atomic E-state index is 13.0. The molecule has 1 aromatic rings. The molecule has 196 valence electrons. The lowest BCUT2D eigenvalue weighted by Gasteiger charge is -2.28. The molecule has 0 aliphatic carbocycles. The minimum Gasteiger partial charge on any atom is -0.481 e. The van der Waals surface area contributed by atoms with Gasteiger partial charge in [-0.1, -0.05) is 20.3 Å². The maximum Gasteiger partial charge on any atom is 0.326 e. The second-order valence-electron chi connectivity index (χ2n) is 8.31. The largest absolute Gasteiger partial charge is 0.481 e. The molecule has 0 fully saturated rings. The molecule has 0 bridgehead atoms. The molecule has 6 unspecified atom stereocenters. The maximum absolute atomic E-state index is 13.0. The summed E-state index contributed by atoms with van der Waals surface area (Å²) in [7, 11) is 0. The van der Waals surface area contributed by atoms with Crippen LogP contribution in [0.4, 0.5) is 0 Å². The highest BCUT2D eigenvalue weighted by atomic mass is 16.4. The molecule has 14 heteroatoms. The number of aliphatic hydroxyl groups is 1. The van der Waals surface area contributed by atoms with Crippen molar-refractivity contribution >= 4 is 29.7 Å². The van der Waals surface area contributed by atoms with Crippen LogP contribution in [0.5, 0.6) is 0 Å². The number of carboxylic acid groups (broad SMARTS) is 2. The standard InChI is InChI=1S/C21H34N6O8/c1-4-10(2)17(27-19(32)16(22)11(3)28)20(33)25-13(5-6-15(29)30)18(31)26-14(21(34)35)7-12-8-23-9-24-12/h8-11,13-14,16-17,28H,4-7,22H2,1-3H3,(H,23,24)(H,25,33)(H,26,31)(H,27,32)(H,29,30)(H,34,35). The predicted octanol–water partition coefficient (Wildman–Crippen LogP) is -1.89. The SMILES string of the molecule is CCC(C)C(NC(=O)C(N)C(C)O)C(=O)NC(CCC(=O)O)C(=O)NC(Cc1cnc[nH]1)C(=O)O. The van der Waals surface area contributed by atoms with Crippen LogP contribution in [0.25, 0.3) is 0 Å². The van der Waals surface area contributed by atoms with E-state index in [1.807, 2.05) is 0 Å². The summed E-state index contributed by atoms with van der Waals surface area (Å²) in [6, 6.07) is -5.20. The van der Waals surface area contributed by atoms with Crippen molar-refractivity contribution in [3.8, 4) is 0 Å². The van der Waals surface area contributed by atoms with E-state index in [1.165, 1.54) is 19.4 Å². The van der Waals surface area contributed by atoms with Gasteiger partial charge in [0, 0.05) is 24.7 Å². The number of imidazole rings is 1. The Hall–Kier alpha value is -3.52. The zero-order chi connectivity index (χ0) is 26.7. The average molecular weight is 499 g/mol. The van der Waals surface area contributed by atoms with Crippen molar-refractivity contribution in [3.05, 3.63) is 18.2 Å². The lowest BCUT2D eigenvalue weighted by atomic mass is 9.96. The van der Waals surface area contributed by atoms with Gasteiger partial charge in [-0.2, -0.15) is 0 Å². The fourth-order valence-electron chi connectivity index (χ4n) is 3.06. The lowest BCUT2D eigenvalue weighted by Crippen LogP contribution is -2.59. The number of carbonyl (C=O) groups excluding carboxylic acids is 3. The number of aromatic amines is 1. The van der Waals surface area contributed by atoms with Gasteiger partial charge in [0.05, 0.1) is 12.4 Å². The summed E-state index contributed by atoms with van der Waals surface area (Å²) in [5.74, 6) is -5.43. The van der Waals surface area contributed by atoms with Crippen molar-refractivity contribution in [1.29, 1.82) is 0 Å². The number of hydrogen-bond acceptors (Lipinski definition) is 8. The molecule has 3 amide bonds. The van der Waals surface area contributed by atoms with Crippen LogP contribution in [0.1, 0.15) is 45.7 Å². The van der Waals surface area contributed by atoms with Crippen molar-refractivity contribution in [2.75, 3.05) is 0 Å². The van der Waals surface area contributed by atoms with Crippen LogP contribution >= 0.6 is 0 Å². The summed E-state index contributed by atoms with van der Waals surface area (Å²) in [6.45, 7) is 4.76. The normalized spacial score (nSPS) is 16.1. The number of nitrogens with one attached hydrogen (secondary N) is 4. The highest BCUT2D eigenvalue weighted by molar-refractivity contribution is 5.94. The van der Waals surface area contributed by atoms with Crippen LogP contribution in [0.3, 0.4) is 0 Å². The fraction of sp³-hybridized carbons (Fsp3) is 0.619. The smallest absolute Gasteiger partial charge is 0.326 e. The first-order chi connectivity index (χ1) is 16.4. The Kier molecular flexibility index (Phi) is 11.8. The summed E-state index contributed by atoms with van der Waals surface area (Å²) < 4.78 is 0. The minimum atomic E-state index is -1.39. The number of amides is 3. The third-order valence-electron chi connectivity index (χ3n) is 5.49. The number of hydrogen-bond donors (Lipinski definition) is 8. The third-order valence-corrected chi connectivity index (χ3v) is 5.49. The summed E-state index contributed by atoms with van der Waals surface area (Å²) in [4.78, 5) is 67.4. The van der Waals surface area contributed by atoms with Gasteiger partial charge < -0.3 is 42.0 Å². The molecule has 0 radical (unpaired) electrons. The lowest BCUT2D eigenvalue weighted by molar-refractivity contribution is -0.143. The quantitative estimate of drug-likeness (QED) is 0.134. The van der Waals surface area contributed by atoms with Gasteiger partial charge in [-0.05, 0) is 19.3 Å². The van der Waals surface area contributed by atoms with E-state index in [9.17, 15) is 34.2 Å². The molecule has 0 saturated heterocycles. The van der Waals surface area contributed by atoms with E-state index in [-0.39, 0.29) is 12.8 Å². The molecule has 1 heterocycles. The molecule has 0 saturated carbocycles. The molecule has 0 aliphatic heterocycles. The Labute approximate surface area is 202 Å². The molecule has 0 aliphatic rings. The van der Waals surface area contributed by atoms with Crippen LogP contribution in [-0.4, -0.2) is 85.2 Å². The van der Waals surface area contributed by atoms with Crippen molar-refractivity contribution in [2.24, 2.45) is 11.7 Å². The van der Waals surface area contributed by atoms with Crippen LogP contribution in [-0.2, 0) is 30.4 Å². The van der Waals surface area contributed by atoms with E-state index in [1.54, 1.807) is 13.8 Å². The first-order valence-electron chi connectivity index (χ1n) is 11.1. The number of aliphatic hydroxyl groups excluding tert-OH is 1. The van der Waals surface area contributed by atoms with Gasteiger partial charge in [-0.3, -0.25) is 19.2 Å². The Morgan fingerprint density at radius 1 is 1.03 bits per heavy atom. The van der Waals surface area contributed by atoms with Gasteiger partial charge >= 0.3 is 11.9 Å². The predicted molar refractivity (Wildman–Crippen MR) is 122 cm³/mol. The van der Waals surface area contributed by atoms with E-state index in [0.29, 0.717) is 12.1 Å². The number of aliphatic carboxylic acids is 2. The van der Waals surface area contributed by atoms with E-state index < -0.39 is 72.3 Å². The number of H-pyrrole nitrogens is 1. The number of carbonyl (C=O) groups is 5. The minimum absolute atomic E-state index is 0.122. The van der Waals surface area contributed by atoms with Gasteiger partial charge in [-0.25, -0.2) is 9.78 Å². The number of nitrogens with two attached hydrogens (primary N) is 1. The Balaban J connectivity index is 3.04. The van der Waals surface area contributed by atoms with Gasteiger partial charge in [0.1, 0.15) is 24.2 Å². The number of carboxylic acids is 2. The molecule has 1 rings (SSSR count). The number of aromatic nitrogens is 2. The molecule has 9 N–H and O–H groups in total.